The lowest BCUT2D eigenvalue weighted by Crippen LogP contribution is -2.72. The Bertz CT molecular complexity index is 237. The monoisotopic (exact) mass is 233 g/mol. The zero-order valence-corrected chi connectivity index (χ0v) is 9.48. The molecule has 2 fully saturated rings. The first-order valence-electron chi connectivity index (χ1n) is 5.46. The molecule has 8 N–H and O–H groups in total. The summed E-state index contributed by atoms with van der Waals surface area (Å²) in [6.45, 7) is 0. The van der Waals surface area contributed by atoms with Gasteiger partial charge in [0.25, 0.3) is 0 Å². The van der Waals surface area contributed by atoms with E-state index in [1.807, 2.05) is 0 Å². The fraction of sp³-hybridized carbons (Fsp3) is 1.00. The van der Waals surface area contributed by atoms with E-state index >= 15 is 0 Å². The van der Waals surface area contributed by atoms with Gasteiger partial charge in [0.1, 0.15) is 0 Å². The van der Waals surface area contributed by atoms with Crippen molar-refractivity contribution in [2.24, 2.45) is 34.9 Å². The van der Waals surface area contributed by atoms with E-state index in [1.54, 1.807) is 5.01 Å². The Kier molecular flexibility index (Phi) is 3.21. The summed E-state index contributed by atoms with van der Waals surface area (Å²) in [6, 6.07) is 0.234. The molecule has 2 aliphatic rings. The molecule has 0 radical (unpaired) electrons. The van der Waals surface area contributed by atoms with Crippen molar-refractivity contribution in [2.75, 3.05) is 0 Å². The normalized spacial score (nSPS) is 45.4. The average molecular weight is 234 g/mol. The Hall–Kier alpha value is 0.0900. The van der Waals surface area contributed by atoms with Crippen LogP contribution in [0.15, 0.2) is 0 Å². The summed E-state index contributed by atoms with van der Waals surface area (Å²) in [7, 11) is 0. The third-order valence-electron chi connectivity index (χ3n) is 3.99. The highest BCUT2D eigenvalue weighted by Crippen LogP contribution is 2.41. The van der Waals surface area contributed by atoms with Crippen molar-refractivity contribution in [3.05, 3.63) is 0 Å². The molecule has 0 aromatic carbocycles. The minimum Gasteiger partial charge on any atom is -0.325 e. The summed E-state index contributed by atoms with van der Waals surface area (Å²) in [5.74, 6) is 6.72. The van der Waals surface area contributed by atoms with Gasteiger partial charge in [-0.15, -0.1) is 11.6 Å². The molecular formula is C9H20ClN5. The second kappa shape index (κ2) is 4.16. The van der Waals surface area contributed by atoms with Gasteiger partial charge in [0.05, 0.1) is 11.7 Å². The number of hydrogen-bond donors (Lipinski definition) is 4. The first-order valence-corrected chi connectivity index (χ1v) is 5.90. The lowest BCUT2D eigenvalue weighted by molar-refractivity contribution is -0.0935. The Morgan fingerprint density at radius 3 is 2.53 bits per heavy atom. The van der Waals surface area contributed by atoms with Gasteiger partial charge in [0.15, 0.2) is 0 Å². The van der Waals surface area contributed by atoms with Crippen molar-refractivity contribution < 1.29 is 0 Å². The van der Waals surface area contributed by atoms with Gasteiger partial charge in [0.2, 0.25) is 0 Å². The smallest absolute Gasteiger partial charge is 0.0956 e. The maximum Gasteiger partial charge on any atom is 0.0956 e. The van der Waals surface area contributed by atoms with E-state index in [9.17, 15) is 0 Å². The van der Waals surface area contributed by atoms with Crippen LogP contribution in [-0.4, -0.2) is 28.8 Å². The Morgan fingerprint density at radius 1 is 1.27 bits per heavy atom. The average Bonchev–Trinajstić information content (AvgIpc) is 2.25. The molecule has 0 bridgehead atoms. The molecule has 0 amide bonds. The van der Waals surface area contributed by atoms with Crippen molar-refractivity contribution >= 4 is 11.6 Å². The van der Waals surface area contributed by atoms with Gasteiger partial charge in [-0.25, -0.2) is 5.01 Å². The van der Waals surface area contributed by atoms with E-state index in [2.05, 4.69) is 0 Å². The highest BCUT2D eigenvalue weighted by atomic mass is 35.5. The number of nitrogens with zero attached hydrogens (tertiary/aromatic N) is 1. The first kappa shape index (κ1) is 11.6. The Labute approximate surface area is 95.0 Å². The molecule has 6 heteroatoms. The largest absolute Gasteiger partial charge is 0.325 e. The van der Waals surface area contributed by atoms with Crippen LogP contribution in [0.25, 0.3) is 0 Å². The van der Waals surface area contributed by atoms with E-state index in [0.717, 1.165) is 19.3 Å². The molecule has 1 aliphatic carbocycles. The first-order chi connectivity index (χ1) is 7.02. The molecule has 1 heterocycles. The van der Waals surface area contributed by atoms with Crippen LogP contribution in [0.1, 0.15) is 19.3 Å². The molecule has 1 aliphatic heterocycles. The maximum absolute atomic E-state index is 5.96. The highest BCUT2D eigenvalue weighted by molar-refractivity contribution is 6.20. The molecule has 1 saturated heterocycles. The Balaban J connectivity index is 1.93. The highest BCUT2D eigenvalue weighted by Gasteiger charge is 2.48. The zero-order valence-electron chi connectivity index (χ0n) is 8.72. The van der Waals surface area contributed by atoms with Crippen LogP contribution in [0.4, 0.5) is 0 Å². The molecule has 6 unspecified atom stereocenters. The molecule has 88 valence electrons. The van der Waals surface area contributed by atoms with Crippen LogP contribution in [-0.2, 0) is 0 Å². The van der Waals surface area contributed by atoms with Gasteiger partial charge in [-0.3, -0.25) is 5.84 Å². The van der Waals surface area contributed by atoms with Crippen LogP contribution in [0, 0.1) is 11.8 Å². The van der Waals surface area contributed by atoms with E-state index in [4.69, 9.17) is 34.6 Å². The molecule has 15 heavy (non-hydrogen) atoms. The van der Waals surface area contributed by atoms with Crippen molar-refractivity contribution in [1.82, 2.24) is 5.01 Å². The number of alkyl halides is 1. The molecular weight excluding hydrogens is 214 g/mol. The number of hydrazine groups is 1. The molecule has 5 nitrogen and oxygen atoms in total. The lowest BCUT2D eigenvalue weighted by atomic mass is 9.69. The SMILES string of the molecule is NC(Cl)C(N)C1CCC2C(N)N(N)C2C1. The van der Waals surface area contributed by atoms with E-state index in [-0.39, 0.29) is 12.2 Å². The second-order valence-electron chi connectivity index (χ2n) is 4.76. The molecule has 1 saturated carbocycles. The number of rotatable bonds is 2. The second-order valence-corrected chi connectivity index (χ2v) is 5.27. The lowest BCUT2D eigenvalue weighted by Gasteiger charge is -2.55. The van der Waals surface area contributed by atoms with E-state index in [0.29, 0.717) is 17.9 Å². The number of halogens is 1. The minimum atomic E-state index is -0.466. The zero-order chi connectivity index (χ0) is 11.2. The van der Waals surface area contributed by atoms with Crippen molar-refractivity contribution in [1.29, 1.82) is 0 Å². The molecule has 0 aromatic heterocycles. The molecule has 6 atom stereocenters. The van der Waals surface area contributed by atoms with Gasteiger partial charge in [-0.1, -0.05) is 0 Å². The maximum atomic E-state index is 5.96. The summed E-state index contributed by atoms with van der Waals surface area (Å²) in [5.41, 5.74) is 17.0. The van der Waals surface area contributed by atoms with Crippen LogP contribution >= 0.6 is 11.6 Å². The van der Waals surface area contributed by atoms with Crippen molar-refractivity contribution in [2.45, 2.75) is 43.0 Å². The summed E-state index contributed by atoms with van der Waals surface area (Å²) >= 11 is 5.81. The van der Waals surface area contributed by atoms with Gasteiger partial charge >= 0.3 is 0 Å². The summed E-state index contributed by atoms with van der Waals surface area (Å²) in [5, 5.41) is 1.74. The predicted molar refractivity (Wildman–Crippen MR) is 60.4 cm³/mol. The van der Waals surface area contributed by atoms with Gasteiger partial charge < -0.3 is 17.2 Å². The van der Waals surface area contributed by atoms with E-state index < -0.39 is 5.50 Å². The van der Waals surface area contributed by atoms with Crippen LogP contribution in [0.2, 0.25) is 0 Å². The number of fused-ring (bicyclic) bond motifs is 1. The third kappa shape index (κ3) is 1.88. The third-order valence-corrected chi connectivity index (χ3v) is 4.28. The fourth-order valence-electron chi connectivity index (χ4n) is 2.89. The molecule has 0 aromatic rings. The van der Waals surface area contributed by atoms with Crippen LogP contribution in [0.3, 0.4) is 0 Å². The predicted octanol–water partition coefficient (Wildman–Crippen LogP) is -0.904. The molecule has 2 rings (SSSR count). The fourth-order valence-corrected chi connectivity index (χ4v) is 3.10. The van der Waals surface area contributed by atoms with Gasteiger partial charge in [-0.05, 0) is 25.2 Å². The van der Waals surface area contributed by atoms with E-state index in [1.165, 1.54) is 0 Å². The summed E-state index contributed by atoms with van der Waals surface area (Å²) in [6.07, 6.45) is 3.14. The van der Waals surface area contributed by atoms with Crippen LogP contribution in [0.5, 0.6) is 0 Å². The van der Waals surface area contributed by atoms with Gasteiger partial charge in [0, 0.05) is 18.0 Å². The topological polar surface area (TPSA) is 107 Å². The van der Waals surface area contributed by atoms with Crippen LogP contribution < -0.4 is 23.0 Å². The Morgan fingerprint density at radius 2 is 1.93 bits per heavy atom. The number of nitrogens with two attached hydrogens (primary N) is 4. The summed E-state index contributed by atoms with van der Waals surface area (Å²) < 4.78 is 0. The van der Waals surface area contributed by atoms with Gasteiger partial charge in [-0.2, -0.15) is 0 Å². The minimum absolute atomic E-state index is 0.0249. The van der Waals surface area contributed by atoms with Crippen molar-refractivity contribution in [3.63, 3.8) is 0 Å². The number of hydrogen-bond acceptors (Lipinski definition) is 5. The summed E-state index contributed by atoms with van der Waals surface area (Å²) in [4.78, 5) is 0. The quantitative estimate of drug-likeness (QED) is 0.281. The van der Waals surface area contributed by atoms with Crippen molar-refractivity contribution in [3.8, 4) is 0 Å². The standard InChI is InChI=1S/C9H20ClN5/c10-8(12)7(11)4-1-2-5-6(3-4)15(14)9(5)13/h4-9H,1-3,11-14H2. The molecule has 0 spiro atoms.